The first-order valence-corrected chi connectivity index (χ1v) is 4.53. The Labute approximate surface area is 79.0 Å². The molecule has 0 aromatic carbocycles. The molecule has 0 radical (unpaired) electrons. The van der Waals surface area contributed by atoms with E-state index in [1.807, 2.05) is 0 Å². The van der Waals surface area contributed by atoms with E-state index >= 15 is 0 Å². The van der Waals surface area contributed by atoms with Crippen LogP contribution in [0.3, 0.4) is 0 Å². The minimum Gasteiger partial charge on any atom is -0.0622 e. The molecule has 2 aliphatic rings. The van der Waals surface area contributed by atoms with Crippen molar-refractivity contribution in [2.24, 2.45) is 0 Å². The van der Waals surface area contributed by atoms with Crippen LogP contribution in [0.2, 0.25) is 0 Å². The van der Waals surface area contributed by atoms with E-state index in [9.17, 15) is 0 Å². The molecule has 0 aromatic heterocycles. The Morgan fingerprint density at radius 1 is 0.615 bits per heavy atom. The first kappa shape index (κ1) is 8.06. The normalized spacial score (nSPS) is 37.5. The van der Waals surface area contributed by atoms with Gasteiger partial charge in [0, 0.05) is 0 Å². The van der Waals surface area contributed by atoms with Crippen LogP contribution in [0.5, 0.6) is 0 Å². The Hall–Kier alpha value is -1.56. The van der Waals surface area contributed by atoms with Gasteiger partial charge < -0.3 is 0 Å². The number of rotatable bonds is 0. The van der Waals surface area contributed by atoms with Gasteiger partial charge >= 0.3 is 0 Å². The second-order valence-corrected chi connectivity index (χ2v) is 3.15. The second-order valence-electron chi connectivity index (χ2n) is 3.15. The summed E-state index contributed by atoms with van der Waals surface area (Å²) >= 11 is 0. The van der Waals surface area contributed by atoms with Crippen LogP contribution in [0.25, 0.3) is 0 Å². The third kappa shape index (κ3) is 2.19. The van der Waals surface area contributed by atoms with Crippen molar-refractivity contribution in [3.63, 3.8) is 0 Å². The molecular weight excluding hydrogens is 156 g/mol. The topological polar surface area (TPSA) is 0 Å². The molecule has 0 heterocycles. The van der Waals surface area contributed by atoms with Gasteiger partial charge in [0.25, 0.3) is 0 Å². The molecule has 0 aliphatic heterocycles. The first-order valence-electron chi connectivity index (χ1n) is 4.53. The molecule has 0 heteroatoms. The van der Waals surface area contributed by atoms with E-state index in [2.05, 4.69) is 60.8 Å². The quantitative estimate of drug-likeness (QED) is 0.519. The Morgan fingerprint density at radius 2 is 1.15 bits per heavy atom. The fraction of sp³-hybridized carbons (Fsp3) is 0.0769. The molecule has 0 unspecified atom stereocenters. The minimum absolute atomic E-state index is 1.03. The van der Waals surface area contributed by atoms with Crippen molar-refractivity contribution in [1.29, 1.82) is 0 Å². The van der Waals surface area contributed by atoms with Crippen molar-refractivity contribution in [2.75, 3.05) is 0 Å². The van der Waals surface area contributed by atoms with Crippen LogP contribution in [0.4, 0.5) is 0 Å². The third-order valence-electron chi connectivity index (χ3n) is 2.09. The van der Waals surface area contributed by atoms with Crippen molar-refractivity contribution in [3.05, 3.63) is 71.9 Å². The zero-order valence-corrected chi connectivity index (χ0v) is 7.48. The molecule has 0 spiro atoms. The van der Waals surface area contributed by atoms with E-state index in [4.69, 9.17) is 0 Å². The third-order valence-corrected chi connectivity index (χ3v) is 2.09. The average Bonchev–Trinajstić information content (AvgIpc) is 2.00. The maximum absolute atomic E-state index is 2.16. The minimum atomic E-state index is 1.03. The SMILES string of the molecule is C1=C\C=C2\C=C/C=C\C=C(\C=C/1)C2. The number of fused-ring (bicyclic) bond motifs is 2. The van der Waals surface area contributed by atoms with Gasteiger partial charge in [0.05, 0.1) is 0 Å². The van der Waals surface area contributed by atoms with Gasteiger partial charge in [0.1, 0.15) is 0 Å². The predicted molar refractivity (Wildman–Crippen MR) is 57.3 cm³/mol. The van der Waals surface area contributed by atoms with Crippen LogP contribution in [0, 0.1) is 0 Å². The number of hydrogen-bond donors (Lipinski definition) is 0. The Morgan fingerprint density at radius 3 is 1.69 bits per heavy atom. The zero-order chi connectivity index (χ0) is 8.93. The van der Waals surface area contributed by atoms with Crippen molar-refractivity contribution < 1.29 is 0 Å². The second kappa shape index (κ2) is 3.90. The summed E-state index contributed by atoms with van der Waals surface area (Å²) in [7, 11) is 0. The lowest BCUT2D eigenvalue weighted by Crippen LogP contribution is -1.86. The van der Waals surface area contributed by atoms with Crippen molar-refractivity contribution in [2.45, 2.75) is 6.42 Å². The average molecular weight is 168 g/mol. The van der Waals surface area contributed by atoms with Crippen LogP contribution in [-0.4, -0.2) is 0 Å². The smallest absolute Gasteiger partial charge is 0.00258 e. The van der Waals surface area contributed by atoms with Gasteiger partial charge in [-0.25, -0.2) is 0 Å². The molecule has 0 nitrogen and oxygen atoms in total. The zero-order valence-electron chi connectivity index (χ0n) is 7.48. The van der Waals surface area contributed by atoms with Crippen LogP contribution in [0.1, 0.15) is 6.42 Å². The Balaban J connectivity index is 2.42. The van der Waals surface area contributed by atoms with Gasteiger partial charge in [-0.2, -0.15) is 0 Å². The van der Waals surface area contributed by atoms with Crippen LogP contribution < -0.4 is 0 Å². The summed E-state index contributed by atoms with van der Waals surface area (Å²) < 4.78 is 0. The van der Waals surface area contributed by atoms with E-state index < -0.39 is 0 Å². The highest BCUT2D eigenvalue weighted by molar-refractivity contribution is 5.41. The maximum atomic E-state index is 2.16. The largest absolute Gasteiger partial charge is 0.0622 e. The predicted octanol–water partition coefficient (Wildman–Crippen LogP) is 3.48. The summed E-state index contributed by atoms with van der Waals surface area (Å²) in [5.41, 5.74) is 2.72. The first-order chi connectivity index (χ1) is 6.45. The van der Waals surface area contributed by atoms with E-state index in [1.165, 1.54) is 11.1 Å². The molecule has 0 aromatic rings. The lowest BCUT2D eigenvalue weighted by atomic mass is 10.0. The van der Waals surface area contributed by atoms with E-state index in [0.29, 0.717) is 0 Å². The highest BCUT2D eigenvalue weighted by Gasteiger charge is 1.98. The van der Waals surface area contributed by atoms with E-state index in [-0.39, 0.29) is 0 Å². The monoisotopic (exact) mass is 168 g/mol. The van der Waals surface area contributed by atoms with Gasteiger partial charge in [-0.1, -0.05) is 60.8 Å². The number of allylic oxidation sites excluding steroid dienone is 12. The summed E-state index contributed by atoms with van der Waals surface area (Å²) in [4.78, 5) is 0. The molecule has 0 saturated heterocycles. The molecule has 0 atom stereocenters. The standard InChI is InChI=1S/C13H12/c1-3-7-12-9-5-2-6-10-13(11-12)8-4-1/h1-10H,11H2/b3-1-,4-1?,5-2?,6-2-,7-3?,8-4-,9-5-,10-6?,12-7-,12-9?,13-8?,13-10-. The molecule has 13 heavy (non-hydrogen) atoms. The van der Waals surface area contributed by atoms with Crippen LogP contribution in [0.15, 0.2) is 71.9 Å². The molecule has 0 N–H and O–H groups in total. The lowest BCUT2D eigenvalue weighted by molar-refractivity contribution is 1.20. The number of hydrogen-bond acceptors (Lipinski definition) is 0. The summed E-state index contributed by atoms with van der Waals surface area (Å²) in [5, 5.41) is 0. The van der Waals surface area contributed by atoms with Gasteiger partial charge in [0.15, 0.2) is 0 Å². The lowest BCUT2D eigenvalue weighted by Gasteiger charge is -2.05. The fourth-order valence-electron chi connectivity index (χ4n) is 1.43. The van der Waals surface area contributed by atoms with Gasteiger partial charge in [0.2, 0.25) is 0 Å². The fourth-order valence-corrected chi connectivity index (χ4v) is 1.43. The van der Waals surface area contributed by atoms with Crippen molar-refractivity contribution in [1.82, 2.24) is 0 Å². The molecule has 2 aliphatic carbocycles. The summed E-state index contributed by atoms with van der Waals surface area (Å²) in [5.74, 6) is 0. The Kier molecular flexibility index (Phi) is 2.42. The molecule has 2 bridgehead atoms. The summed E-state index contributed by atoms with van der Waals surface area (Å²) in [6.07, 6.45) is 22.1. The molecule has 0 saturated carbocycles. The summed E-state index contributed by atoms with van der Waals surface area (Å²) in [6.45, 7) is 0. The van der Waals surface area contributed by atoms with Crippen LogP contribution in [-0.2, 0) is 0 Å². The van der Waals surface area contributed by atoms with Gasteiger partial charge in [-0.15, -0.1) is 0 Å². The van der Waals surface area contributed by atoms with Crippen molar-refractivity contribution >= 4 is 0 Å². The summed E-state index contributed by atoms with van der Waals surface area (Å²) in [6, 6.07) is 0. The molecule has 2 rings (SSSR count). The van der Waals surface area contributed by atoms with Crippen LogP contribution >= 0.6 is 0 Å². The van der Waals surface area contributed by atoms with Gasteiger partial charge in [-0.05, 0) is 17.6 Å². The molecule has 0 fully saturated rings. The van der Waals surface area contributed by atoms with Gasteiger partial charge in [-0.3, -0.25) is 0 Å². The highest BCUT2D eigenvalue weighted by Crippen LogP contribution is 2.17. The van der Waals surface area contributed by atoms with Crippen molar-refractivity contribution in [3.8, 4) is 0 Å². The Bertz CT molecular complexity index is 321. The van der Waals surface area contributed by atoms with E-state index in [0.717, 1.165) is 6.42 Å². The highest BCUT2D eigenvalue weighted by atomic mass is 14.0. The molecule has 64 valence electrons. The molecule has 0 amide bonds. The van der Waals surface area contributed by atoms with E-state index in [1.54, 1.807) is 0 Å². The molecular formula is C13H12. The maximum Gasteiger partial charge on any atom is -0.00258 e.